The number of aryl methyl sites for hydroxylation is 2. The number of nitrogens with one attached hydrogen (secondary N) is 1. The molecule has 2 heterocycles. The molecule has 2 aromatic carbocycles. The highest BCUT2D eigenvalue weighted by Crippen LogP contribution is 2.30. The summed E-state index contributed by atoms with van der Waals surface area (Å²) in [6.07, 6.45) is 1.81. The maximum Gasteiger partial charge on any atom is 0.0991 e. The molecule has 0 saturated heterocycles. The van der Waals surface area contributed by atoms with Crippen molar-refractivity contribution in [2.24, 2.45) is 0 Å². The van der Waals surface area contributed by atoms with E-state index in [0.29, 0.717) is 5.56 Å². The van der Waals surface area contributed by atoms with Gasteiger partial charge in [-0.2, -0.15) is 5.26 Å². The Bertz CT molecular complexity index is 1130. The summed E-state index contributed by atoms with van der Waals surface area (Å²) in [4.78, 5) is 7.85. The SMILES string of the molecule is Cc1cc(C#N)ccc1-c1ccc2[nH]c(-c3cccnc3C)cc2c1. The van der Waals surface area contributed by atoms with Gasteiger partial charge in [0.1, 0.15) is 0 Å². The lowest BCUT2D eigenvalue weighted by molar-refractivity contribution is 1.20. The quantitative estimate of drug-likeness (QED) is 0.538. The number of aromatic amines is 1. The molecule has 120 valence electrons. The first-order chi connectivity index (χ1) is 12.2. The average molecular weight is 323 g/mol. The molecule has 4 aromatic rings. The fraction of sp³-hybridized carbons (Fsp3) is 0.0909. The van der Waals surface area contributed by atoms with Crippen LogP contribution in [0.4, 0.5) is 0 Å². The molecular weight excluding hydrogens is 306 g/mol. The van der Waals surface area contributed by atoms with Crippen LogP contribution in [0, 0.1) is 25.2 Å². The van der Waals surface area contributed by atoms with Crippen molar-refractivity contribution in [3.05, 3.63) is 77.6 Å². The van der Waals surface area contributed by atoms with Crippen LogP contribution in [0.3, 0.4) is 0 Å². The molecule has 0 unspecified atom stereocenters. The molecule has 3 heteroatoms. The predicted molar refractivity (Wildman–Crippen MR) is 101 cm³/mol. The molecule has 0 amide bonds. The van der Waals surface area contributed by atoms with Gasteiger partial charge < -0.3 is 4.98 Å². The third kappa shape index (κ3) is 2.68. The Morgan fingerprint density at radius 2 is 1.84 bits per heavy atom. The van der Waals surface area contributed by atoms with Crippen molar-refractivity contribution in [2.45, 2.75) is 13.8 Å². The number of pyridine rings is 1. The molecule has 3 nitrogen and oxygen atoms in total. The zero-order chi connectivity index (χ0) is 17.4. The minimum absolute atomic E-state index is 0.693. The number of aromatic nitrogens is 2. The average Bonchev–Trinajstić information content (AvgIpc) is 3.04. The molecule has 0 saturated carbocycles. The zero-order valence-corrected chi connectivity index (χ0v) is 14.2. The first-order valence-corrected chi connectivity index (χ1v) is 8.21. The summed E-state index contributed by atoms with van der Waals surface area (Å²) in [5.74, 6) is 0. The Labute approximate surface area is 146 Å². The van der Waals surface area contributed by atoms with Gasteiger partial charge in [-0.1, -0.05) is 12.1 Å². The monoisotopic (exact) mass is 323 g/mol. The first-order valence-electron chi connectivity index (χ1n) is 8.21. The minimum atomic E-state index is 0.693. The standard InChI is InChI=1S/C22H17N3/c1-14-10-16(13-23)5-7-19(14)17-6-8-21-18(11-17)12-22(25-21)20-4-3-9-24-15(20)2/h3-12,25H,1-2H3. The zero-order valence-electron chi connectivity index (χ0n) is 14.2. The normalized spacial score (nSPS) is 10.8. The van der Waals surface area contributed by atoms with E-state index in [1.807, 2.05) is 44.3 Å². The Kier molecular flexibility index (Phi) is 3.59. The van der Waals surface area contributed by atoms with Crippen LogP contribution in [-0.4, -0.2) is 9.97 Å². The topological polar surface area (TPSA) is 52.5 Å². The van der Waals surface area contributed by atoms with E-state index >= 15 is 0 Å². The molecule has 0 aliphatic heterocycles. The van der Waals surface area contributed by atoms with Crippen LogP contribution < -0.4 is 0 Å². The molecule has 0 fully saturated rings. The van der Waals surface area contributed by atoms with Crippen LogP contribution in [0.5, 0.6) is 0 Å². The first kappa shape index (κ1) is 15.2. The van der Waals surface area contributed by atoms with E-state index in [0.717, 1.165) is 39.2 Å². The van der Waals surface area contributed by atoms with Crippen LogP contribution in [0.1, 0.15) is 16.8 Å². The molecule has 0 aliphatic carbocycles. The maximum absolute atomic E-state index is 9.04. The number of benzene rings is 2. The molecule has 2 aromatic heterocycles. The smallest absolute Gasteiger partial charge is 0.0991 e. The van der Waals surface area contributed by atoms with Crippen molar-refractivity contribution in [1.29, 1.82) is 5.26 Å². The van der Waals surface area contributed by atoms with Gasteiger partial charge >= 0.3 is 0 Å². The van der Waals surface area contributed by atoms with Gasteiger partial charge in [-0.3, -0.25) is 4.98 Å². The van der Waals surface area contributed by atoms with E-state index in [2.05, 4.69) is 46.4 Å². The van der Waals surface area contributed by atoms with Crippen molar-refractivity contribution >= 4 is 10.9 Å². The summed E-state index contributed by atoms with van der Waals surface area (Å²) in [7, 11) is 0. The summed E-state index contributed by atoms with van der Waals surface area (Å²) in [5.41, 5.74) is 8.43. The number of nitriles is 1. The molecule has 25 heavy (non-hydrogen) atoms. The summed E-state index contributed by atoms with van der Waals surface area (Å²) >= 11 is 0. The van der Waals surface area contributed by atoms with Gasteiger partial charge in [0.15, 0.2) is 0 Å². The largest absolute Gasteiger partial charge is 0.354 e. The highest BCUT2D eigenvalue weighted by molar-refractivity contribution is 5.90. The van der Waals surface area contributed by atoms with Crippen molar-refractivity contribution in [2.75, 3.05) is 0 Å². The molecule has 0 aliphatic rings. The van der Waals surface area contributed by atoms with Crippen molar-refractivity contribution in [3.63, 3.8) is 0 Å². The number of rotatable bonds is 2. The van der Waals surface area contributed by atoms with E-state index in [1.165, 1.54) is 5.39 Å². The summed E-state index contributed by atoms with van der Waals surface area (Å²) in [5, 5.41) is 10.2. The number of fused-ring (bicyclic) bond motifs is 1. The van der Waals surface area contributed by atoms with Crippen molar-refractivity contribution in [3.8, 4) is 28.5 Å². The highest BCUT2D eigenvalue weighted by Gasteiger charge is 2.09. The van der Waals surface area contributed by atoms with E-state index in [1.54, 1.807) is 0 Å². The van der Waals surface area contributed by atoms with Gasteiger partial charge in [-0.05, 0) is 73.0 Å². The third-order valence-electron chi connectivity index (χ3n) is 4.58. The van der Waals surface area contributed by atoms with Gasteiger partial charge in [-0.25, -0.2) is 0 Å². The lowest BCUT2D eigenvalue weighted by atomic mass is 9.98. The second-order valence-corrected chi connectivity index (χ2v) is 6.26. The van der Waals surface area contributed by atoms with Crippen molar-refractivity contribution in [1.82, 2.24) is 9.97 Å². The fourth-order valence-corrected chi connectivity index (χ4v) is 3.27. The number of hydrogen-bond donors (Lipinski definition) is 1. The van der Waals surface area contributed by atoms with Crippen LogP contribution in [0.2, 0.25) is 0 Å². The number of H-pyrrole nitrogens is 1. The molecule has 0 bridgehead atoms. The number of nitrogens with zero attached hydrogens (tertiary/aromatic N) is 2. The maximum atomic E-state index is 9.04. The second-order valence-electron chi connectivity index (χ2n) is 6.26. The molecular formula is C22H17N3. The second kappa shape index (κ2) is 5.92. The Balaban J connectivity index is 1.82. The lowest BCUT2D eigenvalue weighted by Crippen LogP contribution is -1.85. The highest BCUT2D eigenvalue weighted by atomic mass is 14.7. The minimum Gasteiger partial charge on any atom is -0.354 e. The summed E-state index contributed by atoms with van der Waals surface area (Å²) in [6.45, 7) is 4.06. The molecule has 4 rings (SSSR count). The Morgan fingerprint density at radius 3 is 2.60 bits per heavy atom. The van der Waals surface area contributed by atoms with E-state index in [4.69, 9.17) is 5.26 Å². The number of hydrogen-bond acceptors (Lipinski definition) is 2. The summed E-state index contributed by atoms with van der Waals surface area (Å²) < 4.78 is 0. The predicted octanol–water partition coefficient (Wildman–Crippen LogP) is 5.39. The summed E-state index contributed by atoms with van der Waals surface area (Å²) in [6, 6.07) is 20.6. The van der Waals surface area contributed by atoms with Crippen LogP contribution in [-0.2, 0) is 0 Å². The van der Waals surface area contributed by atoms with Gasteiger partial charge in [0.2, 0.25) is 0 Å². The van der Waals surface area contributed by atoms with E-state index in [-0.39, 0.29) is 0 Å². The lowest BCUT2D eigenvalue weighted by Gasteiger charge is -2.06. The van der Waals surface area contributed by atoms with Crippen molar-refractivity contribution < 1.29 is 0 Å². The Hall–Kier alpha value is -3.38. The van der Waals surface area contributed by atoms with Crippen LogP contribution >= 0.6 is 0 Å². The van der Waals surface area contributed by atoms with Crippen LogP contribution in [0.15, 0.2) is 60.8 Å². The molecule has 0 radical (unpaired) electrons. The van der Waals surface area contributed by atoms with Gasteiger partial charge in [0.05, 0.1) is 11.6 Å². The van der Waals surface area contributed by atoms with Gasteiger partial charge in [0.25, 0.3) is 0 Å². The molecule has 0 spiro atoms. The van der Waals surface area contributed by atoms with E-state index < -0.39 is 0 Å². The van der Waals surface area contributed by atoms with Gasteiger partial charge in [0, 0.05) is 34.1 Å². The van der Waals surface area contributed by atoms with Crippen LogP contribution in [0.25, 0.3) is 33.3 Å². The third-order valence-corrected chi connectivity index (χ3v) is 4.58. The molecule has 0 atom stereocenters. The van der Waals surface area contributed by atoms with Gasteiger partial charge in [-0.15, -0.1) is 0 Å². The molecule has 1 N–H and O–H groups in total. The van der Waals surface area contributed by atoms with E-state index in [9.17, 15) is 0 Å². The fourth-order valence-electron chi connectivity index (χ4n) is 3.27. The Morgan fingerprint density at radius 1 is 0.960 bits per heavy atom.